The number of hydrogen-bond donors (Lipinski definition) is 1. The van der Waals surface area contributed by atoms with E-state index in [1.165, 1.54) is 31.2 Å². The molecule has 0 spiro atoms. The van der Waals surface area contributed by atoms with E-state index < -0.39 is 0 Å². The van der Waals surface area contributed by atoms with Crippen molar-refractivity contribution in [2.45, 2.75) is 44.7 Å². The predicted molar refractivity (Wildman–Crippen MR) is 83.3 cm³/mol. The maximum absolute atomic E-state index is 5.91. The fraction of sp³-hybridized carbons (Fsp3) is 0.438. The summed E-state index contributed by atoms with van der Waals surface area (Å²) >= 11 is 5.91. The van der Waals surface area contributed by atoms with E-state index in [1.54, 1.807) is 0 Å². The number of hydrogen-bond acceptors (Lipinski definition) is 2. The summed E-state index contributed by atoms with van der Waals surface area (Å²) in [5.41, 5.74) is 1.30. The van der Waals surface area contributed by atoms with Crippen LogP contribution in [0.5, 0.6) is 0 Å². The highest BCUT2D eigenvalue weighted by Gasteiger charge is 2.16. The molecule has 0 saturated heterocycles. The van der Waals surface area contributed by atoms with Crippen molar-refractivity contribution in [3.8, 4) is 0 Å². The van der Waals surface area contributed by atoms with Gasteiger partial charge in [0.1, 0.15) is 0 Å². The quantitative estimate of drug-likeness (QED) is 0.897. The number of benzene rings is 1. The molecule has 1 heterocycles. The van der Waals surface area contributed by atoms with Crippen molar-refractivity contribution in [3.63, 3.8) is 0 Å². The largest absolute Gasteiger partial charge is 0.353 e. The fourth-order valence-electron chi connectivity index (χ4n) is 2.78. The normalized spacial score (nSPS) is 15.7. The molecule has 0 atom stereocenters. The molecule has 1 aromatic carbocycles. The van der Waals surface area contributed by atoms with Crippen molar-refractivity contribution in [3.05, 3.63) is 47.2 Å². The van der Waals surface area contributed by atoms with Crippen LogP contribution < -0.4 is 5.32 Å². The van der Waals surface area contributed by atoms with Crippen LogP contribution in [0.15, 0.2) is 36.7 Å². The van der Waals surface area contributed by atoms with Crippen LogP contribution in [0.3, 0.4) is 0 Å². The zero-order chi connectivity index (χ0) is 13.8. The second kappa shape index (κ2) is 6.31. The summed E-state index contributed by atoms with van der Waals surface area (Å²) in [7, 11) is 0. The van der Waals surface area contributed by atoms with Crippen LogP contribution in [-0.2, 0) is 13.0 Å². The van der Waals surface area contributed by atoms with Crippen molar-refractivity contribution in [1.29, 1.82) is 0 Å². The lowest BCUT2D eigenvalue weighted by Gasteiger charge is -2.14. The second-order valence-electron chi connectivity index (χ2n) is 5.45. The van der Waals surface area contributed by atoms with E-state index in [-0.39, 0.29) is 0 Å². The number of nitrogens with zero attached hydrogens (tertiary/aromatic N) is 2. The molecular weight excluding hydrogens is 270 g/mol. The summed E-state index contributed by atoms with van der Waals surface area (Å²) in [6.45, 7) is 0.941. The molecule has 1 aliphatic rings. The highest BCUT2D eigenvalue weighted by Crippen LogP contribution is 2.21. The van der Waals surface area contributed by atoms with Crippen LogP contribution in [0.1, 0.15) is 31.2 Å². The van der Waals surface area contributed by atoms with Gasteiger partial charge in [0.25, 0.3) is 0 Å². The molecule has 1 aromatic heterocycles. The van der Waals surface area contributed by atoms with Gasteiger partial charge in [0.15, 0.2) is 0 Å². The van der Waals surface area contributed by atoms with E-state index >= 15 is 0 Å². The number of nitrogens with one attached hydrogen (secondary N) is 1. The fourth-order valence-corrected chi connectivity index (χ4v) is 2.91. The molecule has 0 unspecified atom stereocenters. The predicted octanol–water partition coefficient (Wildman–Crippen LogP) is 4.13. The molecule has 4 heteroatoms. The molecule has 1 fully saturated rings. The molecule has 0 aliphatic heterocycles. The highest BCUT2D eigenvalue weighted by molar-refractivity contribution is 6.30. The molecule has 1 aliphatic carbocycles. The lowest BCUT2D eigenvalue weighted by molar-refractivity contribution is 0.674. The molecule has 3 rings (SSSR count). The Morgan fingerprint density at radius 1 is 1.20 bits per heavy atom. The third kappa shape index (κ3) is 3.34. The van der Waals surface area contributed by atoms with Crippen LogP contribution in [-0.4, -0.2) is 15.6 Å². The topological polar surface area (TPSA) is 29.9 Å². The zero-order valence-electron chi connectivity index (χ0n) is 11.6. The van der Waals surface area contributed by atoms with Gasteiger partial charge in [0.2, 0.25) is 5.95 Å². The summed E-state index contributed by atoms with van der Waals surface area (Å²) in [4.78, 5) is 4.44. The van der Waals surface area contributed by atoms with Crippen LogP contribution in [0.25, 0.3) is 0 Å². The zero-order valence-corrected chi connectivity index (χ0v) is 12.3. The van der Waals surface area contributed by atoms with Gasteiger partial charge in [0, 0.05) is 30.0 Å². The van der Waals surface area contributed by atoms with Gasteiger partial charge < -0.3 is 9.88 Å². The minimum absolute atomic E-state index is 0.603. The Bertz CT molecular complexity index is 541. The minimum atomic E-state index is 0.603. The Labute approximate surface area is 125 Å². The van der Waals surface area contributed by atoms with Crippen molar-refractivity contribution < 1.29 is 0 Å². The van der Waals surface area contributed by atoms with Crippen LogP contribution in [0.2, 0.25) is 5.02 Å². The van der Waals surface area contributed by atoms with E-state index in [1.807, 2.05) is 24.5 Å². The van der Waals surface area contributed by atoms with Crippen molar-refractivity contribution >= 4 is 17.5 Å². The van der Waals surface area contributed by atoms with Gasteiger partial charge in [-0.15, -0.1) is 0 Å². The summed E-state index contributed by atoms with van der Waals surface area (Å²) in [6.07, 6.45) is 10.1. The summed E-state index contributed by atoms with van der Waals surface area (Å²) in [5, 5.41) is 4.36. The molecule has 20 heavy (non-hydrogen) atoms. The van der Waals surface area contributed by atoms with Gasteiger partial charge in [-0.05, 0) is 37.0 Å². The third-order valence-electron chi connectivity index (χ3n) is 3.96. The second-order valence-corrected chi connectivity index (χ2v) is 5.88. The first-order valence-electron chi connectivity index (χ1n) is 7.33. The first-order valence-corrected chi connectivity index (χ1v) is 7.71. The van der Waals surface area contributed by atoms with E-state index in [0.717, 1.165) is 23.9 Å². The molecule has 0 radical (unpaired) electrons. The maximum atomic E-state index is 5.91. The summed E-state index contributed by atoms with van der Waals surface area (Å²) in [6, 6.07) is 8.67. The van der Waals surface area contributed by atoms with E-state index in [0.29, 0.717) is 6.04 Å². The van der Waals surface area contributed by atoms with Crippen molar-refractivity contribution in [2.24, 2.45) is 0 Å². The number of halogens is 1. The SMILES string of the molecule is Clc1ccc(CCn2ccnc2NC2CCCC2)cc1. The lowest BCUT2D eigenvalue weighted by atomic mass is 10.1. The van der Waals surface area contributed by atoms with Gasteiger partial charge >= 0.3 is 0 Å². The molecule has 2 aromatic rings. The Morgan fingerprint density at radius 3 is 2.70 bits per heavy atom. The lowest BCUT2D eigenvalue weighted by Crippen LogP contribution is -2.18. The highest BCUT2D eigenvalue weighted by atomic mass is 35.5. The Hall–Kier alpha value is -1.48. The van der Waals surface area contributed by atoms with E-state index in [4.69, 9.17) is 11.6 Å². The average Bonchev–Trinajstić information content (AvgIpc) is 3.11. The third-order valence-corrected chi connectivity index (χ3v) is 4.21. The standard InChI is InChI=1S/C16H20ClN3/c17-14-7-5-13(6-8-14)9-11-20-12-10-18-16(20)19-15-3-1-2-4-15/h5-8,10,12,15H,1-4,9,11H2,(H,18,19). The van der Waals surface area contributed by atoms with E-state index in [2.05, 4.69) is 27.0 Å². The first kappa shape index (κ1) is 13.5. The molecule has 106 valence electrons. The molecule has 3 nitrogen and oxygen atoms in total. The number of aryl methyl sites for hydroxylation is 2. The van der Waals surface area contributed by atoms with Gasteiger partial charge in [-0.2, -0.15) is 0 Å². The van der Waals surface area contributed by atoms with Crippen molar-refractivity contribution in [1.82, 2.24) is 9.55 Å². The Kier molecular flexibility index (Phi) is 4.26. The van der Waals surface area contributed by atoms with Gasteiger partial charge in [-0.3, -0.25) is 0 Å². The number of aromatic nitrogens is 2. The van der Waals surface area contributed by atoms with Crippen molar-refractivity contribution in [2.75, 3.05) is 5.32 Å². The monoisotopic (exact) mass is 289 g/mol. The van der Waals surface area contributed by atoms with Gasteiger partial charge in [-0.1, -0.05) is 36.6 Å². The van der Waals surface area contributed by atoms with Crippen LogP contribution in [0, 0.1) is 0 Å². The Morgan fingerprint density at radius 2 is 1.95 bits per heavy atom. The van der Waals surface area contributed by atoms with E-state index in [9.17, 15) is 0 Å². The number of imidazole rings is 1. The van der Waals surface area contributed by atoms with Crippen LogP contribution in [0.4, 0.5) is 5.95 Å². The smallest absolute Gasteiger partial charge is 0.202 e. The molecule has 0 amide bonds. The first-order chi connectivity index (χ1) is 9.81. The number of anilines is 1. The maximum Gasteiger partial charge on any atom is 0.202 e. The molecule has 1 N–H and O–H groups in total. The number of rotatable bonds is 5. The molecule has 0 bridgehead atoms. The van der Waals surface area contributed by atoms with Gasteiger partial charge in [-0.25, -0.2) is 4.98 Å². The summed E-state index contributed by atoms with van der Waals surface area (Å²) < 4.78 is 2.20. The van der Waals surface area contributed by atoms with Crippen LogP contribution >= 0.6 is 11.6 Å². The summed E-state index contributed by atoms with van der Waals surface area (Å²) in [5.74, 6) is 1.01. The molecular formula is C16H20ClN3. The van der Waals surface area contributed by atoms with Gasteiger partial charge in [0.05, 0.1) is 0 Å². The average molecular weight is 290 g/mol. The Balaban J connectivity index is 1.59. The molecule has 1 saturated carbocycles. The minimum Gasteiger partial charge on any atom is -0.353 e.